The number of aliphatic carboxylic acids is 2. The second-order valence-corrected chi connectivity index (χ2v) is 11.6. The molecule has 0 saturated carbocycles. The molecule has 13 nitrogen and oxygen atoms in total. The minimum absolute atomic E-state index is 0.0645. The quantitative estimate of drug-likeness (QED) is 0.0892. The minimum Gasteiger partial charge on any atom is -0.481 e. The summed E-state index contributed by atoms with van der Waals surface area (Å²) in [4.78, 5) is 69.2. The highest BCUT2D eigenvalue weighted by Gasteiger charge is 2.31. The number of amides is 3. The molecule has 2 aromatic heterocycles. The predicted octanol–water partition coefficient (Wildman–Crippen LogP) is 1.53. The lowest BCUT2D eigenvalue weighted by Crippen LogP contribution is -2.58. The van der Waals surface area contributed by atoms with Gasteiger partial charge in [0.25, 0.3) is 0 Å². The monoisotopic (exact) mass is 636 g/mol. The van der Waals surface area contributed by atoms with Gasteiger partial charge in [-0.2, -0.15) is 11.8 Å². The molecule has 4 rings (SSSR count). The molecule has 4 atom stereocenters. The first kappa shape index (κ1) is 33.1. The molecule has 0 aliphatic heterocycles. The van der Waals surface area contributed by atoms with Gasteiger partial charge in [-0.15, -0.1) is 0 Å². The van der Waals surface area contributed by atoms with E-state index in [1.54, 1.807) is 18.6 Å². The molecule has 0 radical (unpaired) electrons. The van der Waals surface area contributed by atoms with Crippen LogP contribution in [0.4, 0.5) is 0 Å². The number of rotatable bonds is 16. The first-order valence-electron chi connectivity index (χ1n) is 14.3. The fourth-order valence-electron chi connectivity index (χ4n) is 5.06. The zero-order valence-electron chi connectivity index (χ0n) is 24.5. The molecule has 0 fully saturated rings. The lowest BCUT2D eigenvalue weighted by Gasteiger charge is -2.25. The van der Waals surface area contributed by atoms with Crippen LogP contribution in [0.25, 0.3) is 21.8 Å². The van der Waals surface area contributed by atoms with Gasteiger partial charge in [0, 0.05) is 40.6 Å². The van der Waals surface area contributed by atoms with E-state index in [4.69, 9.17) is 10.8 Å². The molecule has 4 unspecified atom stereocenters. The van der Waals surface area contributed by atoms with Gasteiger partial charge in [-0.25, -0.2) is 4.79 Å². The number of hydrogen-bond acceptors (Lipinski definition) is 7. The van der Waals surface area contributed by atoms with Gasteiger partial charge >= 0.3 is 11.9 Å². The molecule has 238 valence electrons. The number of carbonyl (C=O) groups is 5. The van der Waals surface area contributed by atoms with E-state index < -0.39 is 60.2 Å². The third-order valence-corrected chi connectivity index (χ3v) is 8.06. The summed E-state index contributed by atoms with van der Waals surface area (Å²) in [7, 11) is 0. The molecule has 0 bridgehead atoms. The topological polar surface area (TPSA) is 219 Å². The average molecular weight is 637 g/mol. The van der Waals surface area contributed by atoms with Gasteiger partial charge in [0.05, 0.1) is 12.5 Å². The van der Waals surface area contributed by atoms with Crippen LogP contribution < -0.4 is 21.7 Å². The largest absolute Gasteiger partial charge is 0.481 e. The van der Waals surface area contributed by atoms with Gasteiger partial charge in [-0.05, 0) is 48.1 Å². The second kappa shape index (κ2) is 15.3. The Morgan fingerprint density at radius 3 is 1.82 bits per heavy atom. The highest BCUT2D eigenvalue weighted by Crippen LogP contribution is 2.21. The second-order valence-electron chi connectivity index (χ2n) is 10.6. The molecule has 4 aromatic rings. The number of nitrogens with two attached hydrogens (primary N) is 1. The standard InChI is InChI=1S/C31H36N6O7S/c1-45-11-10-24(29(41)37-26(31(43)44)14-27(38)39)35-30(42)25(13-18-16-34-23-9-5-3-7-20(18)23)36-28(40)21(32)12-17-15-33-22-8-4-2-6-19(17)22/h2-9,15-16,21,24-26,33-34H,10-14,32H2,1H3,(H,35,42)(H,36,40)(H,37,41)(H,38,39)(H,43,44). The van der Waals surface area contributed by atoms with Crippen LogP contribution in [-0.4, -0.2) is 86.0 Å². The Morgan fingerprint density at radius 1 is 0.756 bits per heavy atom. The Morgan fingerprint density at radius 2 is 1.27 bits per heavy atom. The fourth-order valence-corrected chi connectivity index (χ4v) is 5.53. The lowest BCUT2D eigenvalue weighted by atomic mass is 10.0. The van der Waals surface area contributed by atoms with Crippen LogP contribution in [0.5, 0.6) is 0 Å². The fraction of sp³-hybridized carbons (Fsp3) is 0.323. The Bertz CT molecular complexity index is 1680. The number of carbonyl (C=O) groups excluding carboxylic acids is 3. The predicted molar refractivity (Wildman–Crippen MR) is 171 cm³/mol. The Hall–Kier alpha value is -4.82. The normalized spacial score (nSPS) is 13.9. The summed E-state index contributed by atoms with van der Waals surface area (Å²) in [5, 5.41) is 27.9. The summed E-state index contributed by atoms with van der Waals surface area (Å²) in [5.74, 6) is -4.59. The van der Waals surface area contributed by atoms with Crippen LogP contribution in [0.1, 0.15) is 24.0 Å². The maximum atomic E-state index is 13.8. The summed E-state index contributed by atoms with van der Waals surface area (Å²) in [6.45, 7) is 0. The Balaban J connectivity index is 1.55. The third-order valence-electron chi connectivity index (χ3n) is 7.42. The molecule has 2 aromatic carbocycles. The van der Waals surface area contributed by atoms with E-state index in [2.05, 4.69) is 25.9 Å². The highest BCUT2D eigenvalue weighted by molar-refractivity contribution is 7.98. The minimum atomic E-state index is -1.69. The number of carboxylic acids is 2. The van der Waals surface area contributed by atoms with Crippen molar-refractivity contribution < 1.29 is 34.2 Å². The van der Waals surface area contributed by atoms with Crippen molar-refractivity contribution in [3.63, 3.8) is 0 Å². The molecule has 0 aliphatic carbocycles. The van der Waals surface area contributed by atoms with Crippen LogP contribution in [-0.2, 0) is 36.8 Å². The summed E-state index contributed by atoms with van der Waals surface area (Å²) in [6, 6.07) is 10.1. The number of aromatic nitrogens is 2. The zero-order chi connectivity index (χ0) is 32.5. The number of carboxylic acid groups (broad SMARTS) is 2. The smallest absolute Gasteiger partial charge is 0.326 e. The SMILES string of the molecule is CSCCC(NC(=O)C(Cc1c[nH]c2ccccc12)NC(=O)C(N)Cc1c[nH]c2ccccc12)C(=O)NC(CC(=O)O)C(=O)O. The highest BCUT2D eigenvalue weighted by atomic mass is 32.2. The number of benzene rings is 2. The van der Waals surface area contributed by atoms with Crippen molar-refractivity contribution in [1.82, 2.24) is 25.9 Å². The van der Waals surface area contributed by atoms with Gasteiger partial charge in [0.2, 0.25) is 17.7 Å². The van der Waals surface area contributed by atoms with E-state index in [-0.39, 0.29) is 19.3 Å². The maximum Gasteiger partial charge on any atom is 0.326 e. The number of nitrogens with one attached hydrogen (secondary N) is 5. The van der Waals surface area contributed by atoms with Crippen molar-refractivity contribution >= 4 is 63.2 Å². The van der Waals surface area contributed by atoms with Crippen LogP contribution >= 0.6 is 11.8 Å². The van der Waals surface area contributed by atoms with Crippen LogP contribution in [0.3, 0.4) is 0 Å². The van der Waals surface area contributed by atoms with Crippen molar-refractivity contribution in [2.24, 2.45) is 5.73 Å². The van der Waals surface area contributed by atoms with Crippen molar-refractivity contribution in [2.75, 3.05) is 12.0 Å². The molecule has 45 heavy (non-hydrogen) atoms. The molecule has 9 N–H and O–H groups in total. The van der Waals surface area contributed by atoms with E-state index in [1.807, 2.05) is 48.5 Å². The molecule has 0 spiro atoms. The van der Waals surface area contributed by atoms with Crippen molar-refractivity contribution in [1.29, 1.82) is 0 Å². The van der Waals surface area contributed by atoms with Gasteiger partial charge in [-0.1, -0.05) is 36.4 Å². The van der Waals surface area contributed by atoms with Crippen molar-refractivity contribution in [2.45, 2.75) is 49.9 Å². The molecule has 0 saturated heterocycles. The first-order valence-corrected chi connectivity index (χ1v) is 15.7. The van der Waals surface area contributed by atoms with Gasteiger partial charge in [-0.3, -0.25) is 19.2 Å². The number of H-pyrrole nitrogens is 2. The van der Waals surface area contributed by atoms with E-state index in [1.165, 1.54) is 11.8 Å². The van der Waals surface area contributed by atoms with E-state index in [0.717, 1.165) is 32.9 Å². The van der Waals surface area contributed by atoms with Crippen molar-refractivity contribution in [3.05, 3.63) is 72.1 Å². The van der Waals surface area contributed by atoms with Crippen LogP contribution in [0, 0.1) is 0 Å². The molecule has 3 amide bonds. The average Bonchev–Trinajstić information content (AvgIpc) is 3.62. The van der Waals surface area contributed by atoms with Gasteiger partial charge in [0.15, 0.2) is 0 Å². The third kappa shape index (κ3) is 8.64. The molecular weight excluding hydrogens is 600 g/mol. The zero-order valence-corrected chi connectivity index (χ0v) is 25.4. The van der Waals surface area contributed by atoms with Gasteiger partial charge < -0.3 is 41.9 Å². The number of hydrogen-bond donors (Lipinski definition) is 8. The summed E-state index contributed by atoms with van der Waals surface area (Å²) in [6.07, 6.45) is 4.90. The van der Waals surface area contributed by atoms with E-state index in [9.17, 15) is 29.1 Å². The molecule has 0 aliphatic rings. The summed E-state index contributed by atoms with van der Waals surface area (Å²) < 4.78 is 0. The molecular formula is C31H36N6O7S. The first-order chi connectivity index (χ1) is 21.6. The van der Waals surface area contributed by atoms with Gasteiger partial charge in [0.1, 0.15) is 18.1 Å². The molecule has 2 heterocycles. The summed E-state index contributed by atoms with van der Waals surface area (Å²) in [5.41, 5.74) is 9.64. The number of fused-ring (bicyclic) bond motifs is 2. The van der Waals surface area contributed by atoms with E-state index in [0.29, 0.717) is 5.75 Å². The summed E-state index contributed by atoms with van der Waals surface area (Å²) >= 11 is 1.41. The number of para-hydroxylation sites is 2. The number of aromatic amines is 2. The van der Waals surface area contributed by atoms with Crippen LogP contribution in [0.15, 0.2) is 60.9 Å². The van der Waals surface area contributed by atoms with Crippen molar-refractivity contribution in [3.8, 4) is 0 Å². The maximum absolute atomic E-state index is 13.8. The Labute approximate surface area is 262 Å². The molecule has 14 heteroatoms. The number of thioether (sulfide) groups is 1. The lowest BCUT2D eigenvalue weighted by molar-refractivity contribution is -0.147. The Kier molecular flexibility index (Phi) is 11.2. The van der Waals surface area contributed by atoms with E-state index >= 15 is 0 Å². The van der Waals surface area contributed by atoms with Crippen LogP contribution in [0.2, 0.25) is 0 Å².